The summed E-state index contributed by atoms with van der Waals surface area (Å²) in [6.45, 7) is 3.77. The monoisotopic (exact) mass is 223 g/mol. The zero-order valence-electron chi connectivity index (χ0n) is 8.96. The number of ether oxygens (including phenoxy) is 1. The fourth-order valence-electron chi connectivity index (χ4n) is 1.23. The van der Waals surface area contributed by atoms with Crippen LogP contribution in [-0.4, -0.2) is 46.8 Å². The van der Waals surface area contributed by atoms with Gasteiger partial charge in [-0.2, -0.15) is 0 Å². The maximum Gasteiger partial charge on any atom is 0.410 e. The number of alkyl halides is 2. The van der Waals surface area contributed by atoms with Gasteiger partial charge in [-0.05, 0) is 20.8 Å². The first-order valence-corrected chi connectivity index (χ1v) is 4.66. The molecule has 1 N–H and O–H groups in total. The summed E-state index contributed by atoms with van der Waals surface area (Å²) < 4.78 is 30.7. The molecule has 1 heterocycles. The molecule has 1 aliphatic heterocycles. The van der Waals surface area contributed by atoms with Crippen LogP contribution in [0.1, 0.15) is 20.8 Å². The molecule has 4 nitrogen and oxygen atoms in total. The Hall–Kier alpha value is -0.910. The van der Waals surface area contributed by atoms with Crippen molar-refractivity contribution in [2.24, 2.45) is 0 Å². The minimum absolute atomic E-state index is 0.387. The third-order valence-electron chi connectivity index (χ3n) is 1.93. The summed E-state index contributed by atoms with van der Waals surface area (Å²) in [4.78, 5) is 12.2. The Bertz CT molecular complexity index is 263. The maximum absolute atomic E-state index is 12.9. The van der Waals surface area contributed by atoms with E-state index in [1.165, 1.54) is 0 Å². The van der Waals surface area contributed by atoms with Gasteiger partial charge in [-0.15, -0.1) is 0 Å². The van der Waals surface area contributed by atoms with Crippen LogP contribution in [-0.2, 0) is 4.74 Å². The third kappa shape index (κ3) is 3.02. The summed E-state index contributed by atoms with van der Waals surface area (Å²) in [7, 11) is 0. The second-order valence-corrected chi connectivity index (χ2v) is 4.64. The minimum atomic E-state index is -3.24. The summed E-state index contributed by atoms with van der Waals surface area (Å²) in [6.07, 6.45) is -2.62. The van der Waals surface area contributed by atoms with E-state index < -0.39 is 30.3 Å². The molecule has 0 aliphatic carbocycles. The molecule has 0 radical (unpaired) electrons. The van der Waals surface area contributed by atoms with Crippen molar-refractivity contribution < 1.29 is 23.4 Å². The molecule has 88 valence electrons. The molecule has 1 aliphatic rings. The van der Waals surface area contributed by atoms with Crippen LogP contribution >= 0.6 is 0 Å². The van der Waals surface area contributed by atoms with Crippen LogP contribution in [0.25, 0.3) is 0 Å². The first kappa shape index (κ1) is 12.2. The summed E-state index contributed by atoms with van der Waals surface area (Å²) in [6, 6.07) is 0. The lowest BCUT2D eigenvalue weighted by molar-refractivity contribution is -0.0732. The van der Waals surface area contributed by atoms with Crippen LogP contribution in [0.5, 0.6) is 0 Å². The van der Waals surface area contributed by atoms with Gasteiger partial charge < -0.3 is 9.84 Å². The number of hydrogen-bond acceptors (Lipinski definition) is 3. The van der Waals surface area contributed by atoms with Crippen molar-refractivity contribution in [1.29, 1.82) is 0 Å². The van der Waals surface area contributed by atoms with Gasteiger partial charge in [0.2, 0.25) is 0 Å². The molecule has 0 aromatic carbocycles. The maximum atomic E-state index is 12.9. The highest BCUT2D eigenvalue weighted by Crippen LogP contribution is 2.28. The Kier molecular flexibility index (Phi) is 2.91. The van der Waals surface area contributed by atoms with Crippen LogP contribution in [0.3, 0.4) is 0 Å². The van der Waals surface area contributed by atoms with E-state index in [1.807, 2.05) is 0 Å². The van der Waals surface area contributed by atoms with Gasteiger partial charge in [0.25, 0.3) is 5.92 Å². The molecule has 0 saturated carbocycles. The topological polar surface area (TPSA) is 49.8 Å². The quantitative estimate of drug-likeness (QED) is 0.672. The number of hydrogen-bond donors (Lipinski definition) is 1. The molecule has 1 atom stereocenters. The number of β-amino-alcohol motifs (C(OH)–C–C–N with tert-alkyl or cyclic N) is 1. The van der Waals surface area contributed by atoms with Gasteiger partial charge in [0, 0.05) is 0 Å². The first-order chi connectivity index (χ1) is 6.62. The summed E-state index contributed by atoms with van der Waals surface area (Å²) >= 11 is 0. The fourth-order valence-corrected chi connectivity index (χ4v) is 1.23. The lowest BCUT2D eigenvalue weighted by Crippen LogP contribution is -2.36. The molecule has 0 unspecified atom stereocenters. The van der Waals surface area contributed by atoms with Gasteiger partial charge in [0.15, 0.2) is 0 Å². The Morgan fingerprint density at radius 1 is 1.53 bits per heavy atom. The number of aliphatic hydroxyl groups excluding tert-OH is 1. The Balaban J connectivity index is 2.58. The van der Waals surface area contributed by atoms with Crippen LogP contribution in [0, 0.1) is 0 Å². The average molecular weight is 223 g/mol. The zero-order chi connectivity index (χ0) is 11.9. The fraction of sp³-hybridized carbons (Fsp3) is 0.889. The lowest BCUT2D eigenvalue weighted by atomic mass is 10.2. The van der Waals surface area contributed by atoms with E-state index in [1.54, 1.807) is 20.8 Å². The molecule has 1 amide bonds. The average Bonchev–Trinajstić information content (AvgIpc) is 2.23. The zero-order valence-corrected chi connectivity index (χ0v) is 8.96. The molecule has 15 heavy (non-hydrogen) atoms. The molecular formula is C9H15F2NO3. The number of carbonyl (C=O) groups excluding carboxylic acids is 1. The van der Waals surface area contributed by atoms with Gasteiger partial charge in [-0.25, -0.2) is 13.6 Å². The van der Waals surface area contributed by atoms with Gasteiger partial charge >= 0.3 is 6.09 Å². The predicted octanol–water partition coefficient (Wildman–Crippen LogP) is 1.23. The number of aliphatic hydroxyl groups is 1. The number of likely N-dealkylation sites (tertiary alicyclic amines) is 1. The first-order valence-electron chi connectivity index (χ1n) is 4.66. The molecule has 0 bridgehead atoms. The predicted molar refractivity (Wildman–Crippen MR) is 48.8 cm³/mol. The number of rotatable bonds is 0. The van der Waals surface area contributed by atoms with Crippen LogP contribution in [0.15, 0.2) is 0 Å². The van der Waals surface area contributed by atoms with Gasteiger partial charge in [-0.1, -0.05) is 0 Å². The summed E-state index contributed by atoms with van der Waals surface area (Å²) in [5, 5.41) is 8.98. The lowest BCUT2D eigenvalue weighted by Gasteiger charge is -2.23. The Morgan fingerprint density at radius 2 is 2.07 bits per heavy atom. The minimum Gasteiger partial charge on any atom is -0.444 e. The van der Waals surface area contributed by atoms with Crippen molar-refractivity contribution in [2.45, 2.75) is 38.4 Å². The second-order valence-electron chi connectivity index (χ2n) is 4.64. The molecular weight excluding hydrogens is 208 g/mol. The molecule has 6 heteroatoms. The Labute approximate surface area is 86.8 Å². The number of halogens is 2. The second kappa shape index (κ2) is 3.59. The molecule has 1 fully saturated rings. The molecule has 0 aromatic rings. The van der Waals surface area contributed by atoms with E-state index in [9.17, 15) is 13.6 Å². The van der Waals surface area contributed by atoms with Crippen molar-refractivity contribution in [3.8, 4) is 0 Å². The van der Waals surface area contributed by atoms with Crippen molar-refractivity contribution in [3.63, 3.8) is 0 Å². The van der Waals surface area contributed by atoms with Crippen LogP contribution in [0.4, 0.5) is 13.6 Å². The van der Waals surface area contributed by atoms with Crippen molar-refractivity contribution in [3.05, 3.63) is 0 Å². The molecule has 1 saturated heterocycles. The van der Waals surface area contributed by atoms with E-state index >= 15 is 0 Å². The van der Waals surface area contributed by atoms with Gasteiger partial charge in [-0.3, -0.25) is 4.90 Å². The van der Waals surface area contributed by atoms with E-state index in [4.69, 9.17) is 9.84 Å². The van der Waals surface area contributed by atoms with E-state index in [0.717, 1.165) is 4.90 Å². The van der Waals surface area contributed by atoms with Gasteiger partial charge in [0.05, 0.1) is 13.1 Å². The highest BCUT2D eigenvalue weighted by Gasteiger charge is 2.49. The highest BCUT2D eigenvalue weighted by atomic mass is 19.3. The smallest absolute Gasteiger partial charge is 0.410 e. The van der Waals surface area contributed by atoms with Crippen molar-refractivity contribution in [1.82, 2.24) is 4.90 Å². The third-order valence-corrected chi connectivity index (χ3v) is 1.93. The standard InChI is InChI=1S/C9H15F2NO3/c1-8(2,3)15-7(14)12-4-6(13)9(10,11)5-12/h6,13H,4-5H2,1-3H3/t6-/m1/s1. The van der Waals surface area contributed by atoms with E-state index in [0.29, 0.717) is 0 Å². The largest absolute Gasteiger partial charge is 0.444 e. The van der Waals surface area contributed by atoms with E-state index in [-0.39, 0.29) is 6.54 Å². The van der Waals surface area contributed by atoms with E-state index in [2.05, 4.69) is 0 Å². The van der Waals surface area contributed by atoms with Crippen molar-refractivity contribution >= 4 is 6.09 Å². The molecule has 0 spiro atoms. The number of carbonyl (C=O) groups is 1. The Morgan fingerprint density at radius 3 is 2.40 bits per heavy atom. The SMILES string of the molecule is CC(C)(C)OC(=O)N1C[C@@H](O)C(F)(F)C1. The van der Waals surface area contributed by atoms with Gasteiger partial charge in [0.1, 0.15) is 11.7 Å². The molecule has 0 aromatic heterocycles. The molecule has 1 rings (SSSR count). The summed E-state index contributed by atoms with van der Waals surface area (Å²) in [5.41, 5.74) is -0.722. The summed E-state index contributed by atoms with van der Waals surface area (Å²) in [5.74, 6) is -3.24. The number of amides is 1. The van der Waals surface area contributed by atoms with Crippen LogP contribution in [0.2, 0.25) is 0 Å². The number of nitrogens with zero attached hydrogens (tertiary/aromatic N) is 1. The van der Waals surface area contributed by atoms with Crippen molar-refractivity contribution in [2.75, 3.05) is 13.1 Å². The normalized spacial score (nSPS) is 25.5. The van der Waals surface area contributed by atoms with Crippen LogP contribution < -0.4 is 0 Å². The highest BCUT2D eigenvalue weighted by molar-refractivity contribution is 5.68.